The van der Waals surface area contributed by atoms with Crippen LogP contribution >= 0.6 is 11.6 Å². The number of carbonyl (C=O) groups excluding carboxylic acids is 1. The largest absolute Gasteiger partial charge is 0.497 e. The van der Waals surface area contributed by atoms with Gasteiger partial charge in [0.1, 0.15) is 11.6 Å². The van der Waals surface area contributed by atoms with Crippen LogP contribution in [-0.4, -0.2) is 41.0 Å². The second kappa shape index (κ2) is 9.45. The van der Waals surface area contributed by atoms with Gasteiger partial charge in [0.15, 0.2) is 0 Å². The lowest BCUT2D eigenvalue weighted by molar-refractivity contribution is 0.102. The molecule has 7 heteroatoms. The average Bonchev–Trinajstić information content (AvgIpc) is 3.24. The van der Waals surface area contributed by atoms with Crippen LogP contribution in [0.3, 0.4) is 0 Å². The normalized spacial score (nSPS) is 16.3. The number of nitrogens with zero attached hydrogens (tertiary/aromatic N) is 3. The summed E-state index contributed by atoms with van der Waals surface area (Å²) >= 11 is 6.30. The van der Waals surface area contributed by atoms with Gasteiger partial charge in [-0.3, -0.25) is 9.69 Å². The highest BCUT2D eigenvalue weighted by Gasteiger charge is 2.27. The van der Waals surface area contributed by atoms with Gasteiger partial charge in [-0.25, -0.2) is 9.97 Å². The van der Waals surface area contributed by atoms with E-state index in [1.54, 1.807) is 37.6 Å². The number of hydrogen-bond acceptors (Lipinski definition) is 5. The van der Waals surface area contributed by atoms with E-state index in [9.17, 15) is 4.79 Å². The Morgan fingerprint density at radius 3 is 2.71 bits per heavy atom. The summed E-state index contributed by atoms with van der Waals surface area (Å²) in [6, 6.07) is 15.1. The van der Waals surface area contributed by atoms with Crippen molar-refractivity contribution < 1.29 is 9.53 Å². The molecule has 0 bridgehead atoms. The summed E-state index contributed by atoms with van der Waals surface area (Å²) in [5.41, 5.74) is 2.99. The van der Waals surface area contributed by atoms with E-state index in [0.717, 1.165) is 48.2 Å². The molecule has 3 aromatic rings. The van der Waals surface area contributed by atoms with Crippen LogP contribution in [0.15, 0.2) is 54.7 Å². The summed E-state index contributed by atoms with van der Waals surface area (Å²) in [7, 11) is 1.61. The lowest BCUT2D eigenvalue weighted by Gasteiger charge is -2.17. The molecule has 1 N–H and O–H groups in total. The Bertz CT molecular complexity index is 1070. The van der Waals surface area contributed by atoms with Gasteiger partial charge >= 0.3 is 0 Å². The first-order valence-corrected chi connectivity index (χ1v) is 10.7. The Morgan fingerprint density at radius 2 is 2.00 bits per heavy atom. The van der Waals surface area contributed by atoms with Gasteiger partial charge in [0.2, 0.25) is 0 Å². The van der Waals surface area contributed by atoms with Crippen LogP contribution < -0.4 is 10.1 Å². The predicted octanol–water partition coefficient (Wildman–Crippen LogP) is 4.69. The number of likely N-dealkylation sites (tertiary alicyclic amines) is 1. The molecule has 1 amide bonds. The fraction of sp³-hybridized carbons (Fsp3) is 0.292. The zero-order chi connectivity index (χ0) is 21.8. The first kappa shape index (κ1) is 21.3. The molecule has 160 valence electrons. The third kappa shape index (κ3) is 5.03. The number of amides is 1. The molecule has 0 aliphatic carbocycles. The molecule has 1 fully saturated rings. The molecule has 1 atom stereocenters. The van der Waals surface area contributed by atoms with Crippen molar-refractivity contribution in [2.75, 3.05) is 25.5 Å². The van der Waals surface area contributed by atoms with E-state index in [0.29, 0.717) is 16.9 Å². The summed E-state index contributed by atoms with van der Waals surface area (Å²) < 4.78 is 5.14. The van der Waals surface area contributed by atoms with Gasteiger partial charge in [-0.15, -0.1) is 0 Å². The van der Waals surface area contributed by atoms with Crippen LogP contribution in [0.1, 0.15) is 39.8 Å². The molecular formula is C24H25ClN4O2. The molecular weight excluding hydrogens is 412 g/mol. The Hall–Kier alpha value is -2.96. The van der Waals surface area contributed by atoms with Crippen molar-refractivity contribution in [1.82, 2.24) is 14.9 Å². The molecule has 0 radical (unpaired) electrons. The van der Waals surface area contributed by atoms with Gasteiger partial charge in [0, 0.05) is 35.9 Å². The number of rotatable bonds is 6. The minimum absolute atomic E-state index is 0.221. The number of nitrogens with one attached hydrogen (secondary N) is 1. The first-order valence-electron chi connectivity index (χ1n) is 10.3. The first-order chi connectivity index (χ1) is 15.0. The highest BCUT2D eigenvalue weighted by atomic mass is 35.5. The van der Waals surface area contributed by atoms with Crippen LogP contribution in [0.4, 0.5) is 5.69 Å². The van der Waals surface area contributed by atoms with Crippen LogP contribution in [0.25, 0.3) is 0 Å². The van der Waals surface area contributed by atoms with Crippen LogP contribution in [0.5, 0.6) is 5.75 Å². The van der Waals surface area contributed by atoms with Crippen LogP contribution in [-0.2, 0) is 6.54 Å². The smallest absolute Gasteiger partial charge is 0.259 e. The second-order valence-corrected chi connectivity index (χ2v) is 8.13. The summed E-state index contributed by atoms with van der Waals surface area (Å²) in [5.74, 6) is 1.56. The lowest BCUT2D eigenvalue weighted by atomic mass is 10.1. The maximum absolute atomic E-state index is 12.7. The summed E-state index contributed by atoms with van der Waals surface area (Å²) in [6.45, 7) is 4.52. The maximum Gasteiger partial charge on any atom is 0.259 e. The Morgan fingerprint density at radius 1 is 1.23 bits per heavy atom. The summed E-state index contributed by atoms with van der Waals surface area (Å²) in [5, 5.41) is 3.68. The molecule has 31 heavy (non-hydrogen) atoms. The van der Waals surface area contributed by atoms with E-state index in [2.05, 4.69) is 26.3 Å². The molecule has 1 aliphatic rings. The second-order valence-electron chi connectivity index (χ2n) is 7.72. The number of hydrogen-bond donors (Lipinski definition) is 1. The quantitative estimate of drug-likeness (QED) is 0.607. The van der Waals surface area contributed by atoms with Crippen molar-refractivity contribution >= 4 is 23.2 Å². The van der Waals surface area contributed by atoms with Gasteiger partial charge in [0.05, 0.1) is 18.4 Å². The van der Waals surface area contributed by atoms with Gasteiger partial charge in [-0.1, -0.05) is 29.8 Å². The Kier molecular flexibility index (Phi) is 6.49. The topological polar surface area (TPSA) is 67.3 Å². The number of methoxy groups -OCH3 is 1. The molecule has 0 saturated carbocycles. The van der Waals surface area contributed by atoms with Gasteiger partial charge in [0.25, 0.3) is 5.91 Å². The van der Waals surface area contributed by atoms with E-state index in [1.807, 2.05) is 25.1 Å². The molecule has 4 rings (SSSR count). The van der Waals surface area contributed by atoms with E-state index in [4.69, 9.17) is 16.3 Å². The third-order valence-corrected chi connectivity index (χ3v) is 5.95. The van der Waals surface area contributed by atoms with E-state index in [-0.39, 0.29) is 11.8 Å². The SMILES string of the molecule is COc1ccc(NC(=O)c2cnc(C3CCN(Cc4ccccc4Cl)C3)nc2C)cc1. The standard InChI is InChI=1S/C24H25ClN4O2/c1-16-21(24(30)28-19-7-9-20(31-2)10-8-19)13-26-23(27-16)18-11-12-29(15-18)14-17-5-3-4-6-22(17)25/h3-10,13,18H,11-12,14-15H2,1-2H3,(H,28,30). The molecule has 2 heterocycles. The van der Waals surface area contributed by atoms with Crippen molar-refractivity contribution in [1.29, 1.82) is 0 Å². The highest BCUT2D eigenvalue weighted by Crippen LogP contribution is 2.28. The van der Waals surface area contributed by atoms with Crippen molar-refractivity contribution in [3.8, 4) is 5.75 Å². The summed E-state index contributed by atoms with van der Waals surface area (Å²) in [6.07, 6.45) is 2.62. The minimum Gasteiger partial charge on any atom is -0.497 e. The van der Waals surface area contributed by atoms with Gasteiger partial charge < -0.3 is 10.1 Å². The van der Waals surface area contributed by atoms with E-state index in [1.165, 1.54) is 0 Å². The van der Waals surface area contributed by atoms with Crippen molar-refractivity contribution in [2.24, 2.45) is 0 Å². The zero-order valence-electron chi connectivity index (χ0n) is 17.6. The van der Waals surface area contributed by atoms with Gasteiger partial charge in [-0.05, 0) is 55.8 Å². The molecule has 0 spiro atoms. The maximum atomic E-state index is 12.7. The predicted molar refractivity (Wildman–Crippen MR) is 122 cm³/mol. The lowest BCUT2D eigenvalue weighted by Crippen LogP contribution is -2.21. The van der Waals surface area contributed by atoms with Crippen LogP contribution in [0, 0.1) is 6.92 Å². The monoisotopic (exact) mass is 436 g/mol. The summed E-state index contributed by atoms with van der Waals surface area (Å²) in [4.78, 5) is 24.2. The number of aryl methyl sites for hydroxylation is 1. The van der Waals surface area contributed by atoms with Crippen molar-refractivity contribution in [3.05, 3.63) is 82.4 Å². The van der Waals surface area contributed by atoms with Crippen molar-refractivity contribution in [3.63, 3.8) is 0 Å². The average molecular weight is 437 g/mol. The molecule has 6 nitrogen and oxygen atoms in total. The third-order valence-electron chi connectivity index (χ3n) is 5.58. The fourth-order valence-electron chi connectivity index (χ4n) is 3.83. The molecule has 1 aliphatic heterocycles. The molecule has 2 aromatic carbocycles. The fourth-order valence-corrected chi connectivity index (χ4v) is 4.03. The van der Waals surface area contributed by atoms with Crippen molar-refractivity contribution in [2.45, 2.75) is 25.8 Å². The number of halogens is 1. The zero-order valence-corrected chi connectivity index (χ0v) is 18.4. The number of anilines is 1. The number of carbonyl (C=O) groups is 1. The van der Waals surface area contributed by atoms with Crippen LogP contribution in [0.2, 0.25) is 5.02 Å². The van der Waals surface area contributed by atoms with E-state index < -0.39 is 0 Å². The Labute approximate surface area is 187 Å². The number of benzene rings is 2. The minimum atomic E-state index is -0.221. The van der Waals surface area contributed by atoms with Gasteiger partial charge in [-0.2, -0.15) is 0 Å². The number of ether oxygens (including phenoxy) is 1. The molecule has 1 unspecified atom stereocenters. The number of aromatic nitrogens is 2. The highest BCUT2D eigenvalue weighted by molar-refractivity contribution is 6.31. The molecule has 1 saturated heterocycles. The molecule has 1 aromatic heterocycles. The van der Waals surface area contributed by atoms with E-state index >= 15 is 0 Å². The Balaban J connectivity index is 1.40.